The van der Waals surface area contributed by atoms with Gasteiger partial charge in [0.05, 0.1) is 6.54 Å². The predicted octanol–water partition coefficient (Wildman–Crippen LogP) is 1.77. The van der Waals surface area contributed by atoms with E-state index in [0.717, 1.165) is 22.8 Å². The molecule has 4 nitrogen and oxygen atoms in total. The molecule has 1 aliphatic heterocycles. The molecule has 1 aromatic rings. The molecule has 0 radical (unpaired) electrons. The minimum absolute atomic E-state index is 0.0639. The van der Waals surface area contributed by atoms with E-state index in [4.69, 9.17) is 11.6 Å². The van der Waals surface area contributed by atoms with Crippen molar-refractivity contribution in [3.8, 4) is 0 Å². The number of piperazine rings is 1. The number of amides is 1. The number of anilines is 1. The Morgan fingerprint density at radius 2 is 2.26 bits per heavy atom. The van der Waals surface area contributed by atoms with Crippen LogP contribution in [0.1, 0.15) is 19.4 Å². The summed E-state index contributed by atoms with van der Waals surface area (Å²) in [5, 5.41) is 6.97. The van der Waals surface area contributed by atoms with Crippen LogP contribution in [0.4, 0.5) is 5.69 Å². The third-order valence-electron chi connectivity index (χ3n) is 3.16. The topological polar surface area (TPSA) is 44.4 Å². The highest BCUT2D eigenvalue weighted by molar-refractivity contribution is 6.31. The predicted molar refractivity (Wildman–Crippen MR) is 78.7 cm³/mol. The van der Waals surface area contributed by atoms with Crippen LogP contribution >= 0.6 is 11.6 Å². The van der Waals surface area contributed by atoms with E-state index in [0.29, 0.717) is 25.7 Å². The van der Waals surface area contributed by atoms with Crippen molar-refractivity contribution in [3.05, 3.63) is 28.8 Å². The van der Waals surface area contributed by atoms with E-state index in [2.05, 4.69) is 29.4 Å². The van der Waals surface area contributed by atoms with Gasteiger partial charge in [0.2, 0.25) is 5.91 Å². The molecule has 1 fully saturated rings. The number of rotatable bonds is 4. The van der Waals surface area contributed by atoms with E-state index in [-0.39, 0.29) is 5.91 Å². The molecule has 0 aliphatic carbocycles. The maximum absolute atomic E-state index is 11.5. The molecule has 19 heavy (non-hydrogen) atoms. The van der Waals surface area contributed by atoms with Crippen LogP contribution in [0.3, 0.4) is 0 Å². The fourth-order valence-electron chi connectivity index (χ4n) is 2.17. The van der Waals surface area contributed by atoms with Crippen molar-refractivity contribution in [2.45, 2.75) is 26.4 Å². The highest BCUT2D eigenvalue weighted by atomic mass is 35.5. The summed E-state index contributed by atoms with van der Waals surface area (Å²) in [6.07, 6.45) is 0. The maximum atomic E-state index is 11.5. The number of hydrogen-bond acceptors (Lipinski definition) is 3. The molecule has 5 heteroatoms. The third kappa shape index (κ3) is 3.61. The van der Waals surface area contributed by atoms with Gasteiger partial charge in [0.15, 0.2) is 0 Å². The zero-order chi connectivity index (χ0) is 13.8. The van der Waals surface area contributed by atoms with Gasteiger partial charge >= 0.3 is 0 Å². The molecular weight excluding hydrogens is 262 g/mol. The smallest absolute Gasteiger partial charge is 0.239 e. The van der Waals surface area contributed by atoms with Crippen molar-refractivity contribution >= 4 is 23.2 Å². The van der Waals surface area contributed by atoms with Crippen molar-refractivity contribution in [1.29, 1.82) is 0 Å². The molecule has 0 bridgehead atoms. The zero-order valence-corrected chi connectivity index (χ0v) is 12.1. The van der Waals surface area contributed by atoms with Crippen LogP contribution in [0.25, 0.3) is 0 Å². The Labute approximate surface area is 119 Å². The van der Waals surface area contributed by atoms with Crippen LogP contribution in [0.5, 0.6) is 0 Å². The van der Waals surface area contributed by atoms with Crippen LogP contribution in [-0.4, -0.2) is 31.6 Å². The van der Waals surface area contributed by atoms with Crippen molar-refractivity contribution in [1.82, 2.24) is 10.6 Å². The summed E-state index contributed by atoms with van der Waals surface area (Å²) in [6.45, 7) is 6.82. The van der Waals surface area contributed by atoms with Crippen LogP contribution in [0, 0.1) is 0 Å². The van der Waals surface area contributed by atoms with Gasteiger partial charge in [0.1, 0.15) is 0 Å². The number of nitrogens with zero attached hydrogens (tertiary/aromatic N) is 1. The summed E-state index contributed by atoms with van der Waals surface area (Å²) in [7, 11) is 0. The van der Waals surface area contributed by atoms with E-state index in [1.165, 1.54) is 0 Å². The van der Waals surface area contributed by atoms with Gasteiger partial charge in [-0.2, -0.15) is 0 Å². The van der Waals surface area contributed by atoms with Crippen molar-refractivity contribution in [2.75, 3.05) is 24.5 Å². The van der Waals surface area contributed by atoms with Gasteiger partial charge in [0.25, 0.3) is 0 Å². The second kappa shape index (κ2) is 6.26. The standard InChI is InChI=1S/C14H20ClN3O/c1-10(2)17-8-11-12(15)4-3-5-13(11)18-7-6-16-14(19)9-18/h3-5,10,17H,6-9H2,1-2H3,(H,16,19). The van der Waals surface area contributed by atoms with E-state index < -0.39 is 0 Å². The van der Waals surface area contributed by atoms with Crippen LogP contribution in [0.2, 0.25) is 5.02 Å². The number of halogens is 1. The monoisotopic (exact) mass is 281 g/mol. The van der Waals surface area contributed by atoms with Gasteiger partial charge < -0.3 is 15.5 Å². The van der Waals surface area contributed by atoms with Crippen LogP contribution < -0.4 is 15.5 Å². The molecule has 1 amide bonds. The Hall–Kier alpha value is -1.26. The zero-order valence-electron chi connectivity index (χ0n) is 11.4. The molecule has 1 aromatic carbocycles. The van der Waals surface area contributed by atoms with Gasteiger partial charge in [-0.3, -0.25) is 4.79 Å². The Morgan fingerprint density at radius 3 is 2.95 bits per heavy atom. The summed E-state index contributed by atoms with van der Waals surface area (Å²) in [5.41, 5.74) is 2.11. The molecule has 1 heterocycles. The second-order valence-corrected chi connectivity index (χ2v) is 5.45. The second-order valence-electron chi connectivity index (χ2n) is 5.04. The lowest BCUT2D eigenvalue weighted by molar-refractivity contribution is -0.120. The molecule has 2 N–H and O–H groups in total. The van der Waals surface area contributed by atoms with E-state index in [1.54, 1.807) is 0 Å². The lowest BCUT2D eigenvalue weighted by Crippen LogP contribution is -2.48. The van der Waals surface area contributed by atoms with Crippen LogP contribution in [-0.2, 0) is 11.3 Å². The summed E-state index contributed by atoms with van der Waals surface area (Å²) in [5.74, 6) is 0.0639. The van der Waals surface area contributed by atoms with E-state index in [9.17, 15) is 4.79 Å². The molecule has 1 aliphatic rings. The lowest BCUT2D eigenvalue weighted by Gasteiger charge is -2.31. The number of hydrogen-bond donors (Lipinski definition) is 2. The number of carbonyl (C=O) groups is 1. The molecule has 1 saturated heterocycles. The average Bonchev–Trinajstić information content (AvgIpc) is 2.37. The summed E-state index contributed by atoms with van der Waals surface area (Å²) < 4.78 is 0. The summed E-state index contributed by atoms with van der Waals surface area (Å²) >= 11 is 6.30. The molecule has 0 atom stereocenters. The van der Waals surface area contributed by atoms with E-state index >= 15 is 0 Å². The first-order valence-corrected chi connectivity index (χ1v) is 6.98. The quantitative estimate of drug-likeness (QED) is 0.884. The van der Waals surface area contributed by atoms with Crippen molar-refractivity contribution < 1.29 is 4.79 Å². The molecular formula is C14H20ClN3O. The normalized spacial score (nSPS) is 15.8. The SMILES string of the molecule is CC(C)NCc1c(Cl)cccc1N1CCNC(=O)C1. The van der Waals surface area contributed by atoms with Gasteiger partial charge in [-0.25, -0.2) is 0 Å². The fraction of sp³-hybridized carbons (Fsp3) is 0.500. The molecule has 2 rings (SSSR count). The minimum atomic E-state index is 0.0639. The molecule has 0 unspecified atom stereocenters. The molecule has 0 spiro atoms. The van der Waals surface area contributed by atoms with Gasteiger partial charge in [-0.05, 0) is 12.1 Å². The third-order valence-corrected chi connectivity index (χ3v) is 3.51. The highest BCUT2D eigenvalue weighted by Gasteiger charge is 2.20. The number of benzene rings is 1. The van der Waals surface area contributed by atoms with Gasteiger partial charge in [0, 0.05) is 41.9 Å². The minimum Gasteiger partial charge on any atom is -0.360 e. The first kappa shape index (κ1) is 14.2. The van der Waals surface area contributed by atoms with Gasteiger partial charge in [-0.1, -0.05) is 31.5 Å². The first-order chi connectivity index (χ1) is 9.08. The van der Waals surface area contributed by atoms with Crippen molar-refractivity contribution in [3.63, 3.8) is 0 Å². The largest absolute Gasteiger partial charge is 0.360 e. The van der Waals surface area contributed by atoms with Crippen molar-refractivity contribution in [2.24, 2.45) is 0 Å². The molecule has 0 aromatic heterocycles. The average molecular weight is 282 g/mol. The molecule has 0 saturated carbocycles. The molecule has 104 valence electrons. The number of nitrogens with one attached hydrogen (secondary N) is 2. The fourth-order valence-corrected chi connectivity index (χ4v) is 2.41. The Kier molecular flexibility index (Phi) is 4.66. The van der Waals surface area contributed by atoms with E-state index in [1.807, 2.05) is 18.2 Å². The Morgan fingerprint density at radius 1 is 1.47 bits per heavy atom. The highest BCUT2D eigenvalue weighted by Crippen LogP contribution is 2.28. The van der Waals surface area contributed by atoms with Crippen LogP contribution in [0.15, 0.2) is 18.2 Å². The lowest BCUT2D eigenvalue weighted by atomic mass is 10.1. The summed E-state index contributed by atoms with van der Waals surface area (Å²) in [6, 6.07) is 6.26. The maximum Gasteiger partial charge on any atom is 0.239 e. The first-order valence-electron chi connectivity index (χ1n) is 6.60. The Bertz CT molecular complexity index is 462. The van der Waals surface area contributed by atoms with Gasteiger partial charge in [-0.15, -0.1) is 0 Å². The number of carbonyl (C=O) groups excluding carboxylic acids is 1. The Balaban J connectivity index is 2.23. The summed E-state index contributed by atoms with van der Waals surface area (Å²) in [4.78, 5) is 13.6.